The van der Waals surface area contributed by atoms with Crippen molar-refractivity contribution in [3.63, 3.8) is 0 Å². The van der Waals surface area contributed by atoms with Crippen LogP contribution in [-0.2, 0) is 10.0 Å². The molecule has 20 heavy (non-hydrogen) atoms. The zero-order valence-corrected chi connectivity index (χ0v) is 12.9. The highest BCUT2D eigenvalue weighted by Gasteiger charge is 2.19. The van der Waals surface area contributed by atoms with E-state index in [1.165, 1.54) is 18.2 Å². The maximum absolute atomic E-state index is 13.7. The van der Waals surface area contributed by atoms with E-state index in [1.807, 2.05) is 0 Å². The minimum absolute atomic E-state index is 0.0276. The second-order valence-corrected chi connectivity index (χ2v) is 6.82. The molecule has 0 aliphatic rings. The molecule has 106 valence electrons. The molecule has 0 aliphatic heterocycles. The van der Waals surface area contributed by atoms with Crippen molar-refractivity contribution >= 4 is 37.3 Å². The van der Waals surface area contributed by atoms with E-state index in [0.717, 1.165) is 0 Å². The van der Waals surface area contributed by atoms with E-state index < -0.39 is 15.8 Å². The van der Waals surface area contributed by atoms with Gasteiger partial charge in [0, 0.05) is 10.2 Å². The molecular weight excluding hydrogens is 347 g/mol. The van der Waals surface area contributed by atoms with Crippen molar-refractivity contribution in [2.45, 2.75) is 11.8 Å². The lowest BCUT2D eigenvalue weighted by Gasteiger charge is -2.11. The highest BCUT2D eigenvalue weighted by Crippen LogP contribution is 2.24. The van der Waals surface area contributed by atoms with Crippen LogP contribution in [0.4, 0.5) is 15.8 Å². The summed E-state index contributed by atoms with van der Waals surface area (Å²) in [6, 6.07) is 8.63. The average Bonchev–Trinajstić information content (AvgIpc) is 2.35. The smallest absolute Gasteiger partial charge is 0.262 e. The lowest BCUT2D eigenvalue weighted by molar-refractivity contribution is 0.598. The van der Waals surface area contributed by atoms with E-state index in [-0.39, 0.29) is 10.6 Å². The van der Waals surface area contributed by atoms with Crippen LogP contribution in [0.2, 0.25) is 0 Å². The third-order valence-corrected chi connectivity index (χ3v) is 4.68. The molecule has 0 heterocycles. The Morgan fingerprint density at radius 1 is 1.20 bits per heavy atom. The third kappa shape index (κ3) is 3.10. The molecule has 3 N–H and O–H groups in total. The predicted molar refractivity (Wildman–Crippen MR) is 80.5 cm³/mol. The first-order valence-corrected chi connectivity index (χ1v) is 7.91. The van der Waals surface area contributed by atoms with E-state index in [4.69, 9.17) is 5.73 Å². The normalized spacial score (nSPS) is 11.3. The van der Waals surface area contributed by atoms with Crippen LogP contribution < -0.4 is 10.5 Å². The van der Waals surface area contributed by atoms with E-state index in [0.29, 0.717) is 15.7 Å². The van der Waals surface area contributed by atoms with Crippen LogP contribution in [0.3, 0.4) is 0 Å². The first kappa shape index (κ1) is 14.8. The summed E-state index contributed by atoms with van der Waals surface area (Å²) in [5.41, 5.74) is 6.34. The summed E-state index contributed by atoms with van der Waals surface area (Å²) >= 11 is 3.11. The number of nitrogens with two attached hydrogens (primary N) is 1. The molecule has 0 radical (unpaired) electrons. The first-order chi connectivity index (χ1) is 9.29. The summed E-state index contributed by atoms with van der Waals surface area (Å²) in [6.07, 6.45) is 0. The number of halogens is 2. The zero-order chi connectivity index (χ0) is 14.9. The van der Waals surface area contributed by atoms with Gasteiger partial charge in [0.15, 0.2) is 0 Å². The Kier molecular flexibility index (Phi) is 4.01. The lowest BCUT2D eigenvalue weighted by atomic mass is 10.2. The number of nitrogen functional groups attached to an aromatic ring is 1. The zero-order valence-electron chi connectivity index (χ0n) is 10.5. The van der Waals surface area contributed by atoms with Crippen LogP contribution in [0, 0.1) is 12.7 Å². The van der Waals surface area contributed by atoms with Gasteiger partial charge in [-0.05, 0) is 42.8 Å². The molecule has 0 aliphatic carbocycles. The molecule has 0 amide bonds. The van der Waals surface area contributed by atoms with Crippen LogP contribution in [-0.4, -0.2) is 8.42 Å². The third-order valence-electron chi connectivity index (χ3n) is 2.68. The first-order valence-electron chi connectivity index (χ1n) is 5.63. The van der Waals surface area contributed by atoms with Crippen molar-refractivity contribution in [3.8, 4) is 0 Å². The van der Waals surface area contributed by atoms with Crippen LogP contribution >= 0.6 is 15.9 Å². The highest BCUT2D eigenvalue weighted by atomic mass is 79.9. The SMILES string of the molecule is Cc1ccc(N)cc1S(=O)(=O)Nc1ccc(Br)cc1F. The molecular formula is C13H12BrFN2O2S. The molecule has 0 fully saturated rings. The minimum Gasteiger partial charge on any atom is -0.399 e. The summed E-state index contributed by atoms with van der Waals surface area (Å²) in [5, 5.41) is 0. The van der Waals surface area contributed by atoms with Crippen LogP contribution in [0.1, 0.15) is 5.56 Å². The topological polar surface area (TPSA) is 72.2 Å². The van der Waals surface area contributed by atoms with Gasteiger partial charge in [-0.2, -0.15) is 0 Å². The molecule has 2 aromatic carbocycles. The molecule has 2 aromatic rings. The van der Waals surface area contributed by atoms with Gasteiger partial charge in [0.05, 0.1) is 10.6 Å². The number of rotatable bonds is 3. The van der Waals surface area contributed by atoms with Crippen molar-refractivity contribution in [1.29, 1.82) is 0 Å². The van der Waals surface area contributed by atoms with Gasteiger partial charge in [-0.25, -0.2) is 12.8 Å². The number of anilines is 2. The predicted octanol–water partition coefficient (Wildman–Crippen LogP) is 3.28. The summed E-state index contributed by atoms with van der Waals surface area (Å²) < 4.78 is 41.0. The highest BCUT2D eigenvalue weighted by molar-refractivity contribution is 9.10. The Labute approximate surface area is 125 Å². The van der Waals surface area contributed by atoms with E-state index in [2.05, 4.69) is 20.7 Å². The summed E-state index contributed by atoms with van der Waals surface area (Å²) in [5.74, 6) is -0.662. The van der Waals surface area contributed by atoms with Gasteiger partial charge in [0.2, 0.25) is 0 Å². The maximum atomic E-state index is 13.7. The summed E-state index contributed by atoms with van der Waals surface area (Å²) in [6.45, 7) is 1.64. The monoisotopic (exact) mass is 358 g/mol. The van der Waals surface area contributed by atoms with Crippen molar-refractivity contribution in [2.75, 3.05) is 10.5 Å². The molecule has 7 heteroatoms. The number of nitrogens with one attached hydrogen (secondary N) is 1. The van der Waals surface area contributed by atoms with Crippen LogP contribution in [0.15, 0.2) is 45.8 Å². The minimum atomic E-state index is -3.89. The molecule has 2 rings (SSSR count). The lowest BCUT2D eigenvalue weighted by Crippen LogP contribution is -2.15. The van der Waals surface area contributed by atoms with E-state index in [9.17, 15) is 12.8 Å². The van der Waals surface area contributed by atoms with Crippen LogP contribution in [0.25, 0.3) is 0 Å². The van der Waals surface area contributed by atoms with Gasteiger partial charge in [-0.15, -0.1) is 0 Å². The molecule has 4 nitrogen and oxygen atoms in total. The molecule has 0 bridgehead atoms. The second kappa shape index (κ2) is 5.41. The largest absolute Gasteiger partial charge is 0.399 e. The standard InChI is InChI=1S/C13H12BrFN2O2S/c1-8-2-4-10(16)7-13(8)20(18,19)17-12-5-3-9(14)6-11(12)15/h2-7,17H,16H2,1H3. The Morgan fingerprint density at radius 3 is 2.55 bits per heavy atom. The molecule has 0 spiro atoms. The number of aryl methyl sites for hydroxylation is 1. The Morgan fingerprint density at radius 2 is 1.90 bits per heavy atom. The van der Waals surface area contributed by atoms with Gasteiger partial charge < -0.3 is 5.73 Å². The quantitative estimate of drug-likeness (QED) is 0.827. The summed E-state index contributed by atoms with van der Waals surface area (Å²) in [4.78, 5) is 0.0276. The van der Waals surface area contributed by atoms with Gasteiger partial charge in [-0.1, -0.05) is 22.0 Å². The molecule has 0 aromatic heterocycles. The number of hydrogen-bond donors (Lipinski definition) is 2. The number of benzene rings is 2. The van der Waals surface area contributed by atoms with E-state index in [1.54, 1.807) is 25.1 Å². The van der Waals surface area contributed by atoms with Gasteiger partial charge in [-0.3, -0.25) is 4.72 Å². The maximum Gasteiger partial charge on any atom is 0.262 e. The fourth-order valence-electron chi connectivity index (χ4n) is 1.68. The molecule has 0 saturated carbocycles. The van der Waals surface area contributed by atoms with Crippen molar-refractivity contribution in [1.82, 2.24) is 0 Å². The number of hydrogen-bond acceptors (Lipinski definition) is 3. The molecule has 0 atom stereocenters. The fraction of sp³-hybridized carbons (Fsp3) is 0.0769. The average molecular weight is 359 g/mol. The second-order valence-electron chi connectivity index (χ2n) is 4.25. The Bertz CT molecular complexity index is 763. The van der Waals surface area contributed by atoms with Crippen molar-refractivity contribution in [3.05, 3.63) is 52.3 Å². The number of sulfonamides is 1. The van der Waals surface area contributed by atoms with E-state index >= 15 is 0 Å². The Balaban J connectivity index is 2.43. The molecule has 0 saturated heterocycles. The van der Waals surface area contributed by atoms with Crippen molar-refractivity contribution in [2.24, 2.45) is 0 Å². The van der Waals surface area contributed by atoms with Gasteiger partial charge in [0.25, 0.3) is 10.0 Å². The Hall–Kier alpha value is -1.60. The van der Waals surface area contributed by atoms with Crippen LogP contribution in [0.5, 0.6) is 0 Å². The van der Waals surface area contributed by atoms with Gasteiger partial charge >= 0.3 is 0 Å². The molecule has 0 unspecified atom stereocenters. The van der Waals surface area contributed by atoms with Gasteiger partial charge in [0.1, 0.15) is 5.82 Å². The summed E-state index contributed by atoms with van der Waals surface area (Å²) in [7, 11) is -3.89. The van der Waals surface area contributed by atoms with Crippen molar-refractivity contribution < 1.29 is 12.8 Å². The fourth-order valence-corrected chi connectivity index (χ4v) is 3.36.